The predicted octanol–water partition coefficient (Wildman–Crippen LogP) is 2.91. The van der Waals surface area contributed by atoms with Gasteiger partial charge in [-0.15, -0.1) is 0 Å². The van der Waals surface area contributed by atoms with Crippen LogP contribution in [0.4, 0.5) is 0 Å². The number of esters is 1. The largest absolute Gasteiger partial charge is 0.507 e. The van der Waals surface area contributed by atoms with Crippen LogP contribution in [-0.4, -0.2) is 35.2 Å². The smallest absolute Gasteiger partial charge is 0.328 e. The molecule has 1 amide bonds. The Labute approximate surface area is 147 Å². The predicted molar refractivity (Wildman–Crippen MR) is 93.8 cm³/mol. The third-order valence-electron chi connectivity index (χ3n) is 4.59. The summed E-state index contributed by atoms with van der Waals surface area (Å²) in [5, 5.41) is 23.5. The molecule has 25 heavy (non-hydrogen) atoms. The van der Waals surface area contributed by atoms with Gasteiger partial charge < -0.3 is 20.3 Å². The van der Waals surface area contributed by atoms with Crippen LogP contribution in [0.15, 0.2) is 17.7 Å². The van der Waals surface area contributed by atoms with E-state index in [4.69, 9.17) is 0 Å². The zero-order chi connectivity index (χ0) is 18.7. The van der Waals surface area contributed by atoms with Gasteiger partial charge in [-0.1, -0.05) is 11.6 Å². The Balaban J connectivity index is 2.42. The number of methoxy groups -OCH3 is 1. The van der Waals surface area contributed by atoms with Crippen LogP contribution in [0.25, 0.3) is 0 Å². The van der Waals surface area contributed by atoms with E-state index in [1.165, 1.54) is 25.7 Å². The number of phenolic OH excluding ortho intramolecular Hbond substituents is 2. The molecule has 1 aliphatic carbocycles. The van der Waals surface area contributed by atoms with Gasteiger partial charge >= 0.3 is 5.97 Å². The van der Waals surface area contributed by atoms with E-state index in [1.54, 1.807) is 6.92 Å². The molecule has 2 unspecified atom stereocenters. The lowest BCUT2D eigenvalue weighted by Crippen LogP contribution is -2.39. The van der Waals surface area contributed by atoms with E-state index in [2.05, 4.69) is 10.1 Å². The number of ether oxygens (including phenoxy) is 1. The molecule has 0 aromatic heterocycles. The Hall–Kier alpha value is -2.50. The number of benzene rings is 1. The van der Waals surface area contributed by atoms with Crippen molar-refractivity contribution < 1.29 is 24.5 Å². The lowest BCUT2D eigenvalue weighted by atomic mass is 9.83. The van der Waals surface area contributed by atoms with E-state index in [0.29, 0.717) is 11.1 Å². The second-order valence-corrected chi connectivity index (χ2v) is 6.58. The molecule has 3 N–H and O–H groups in total. The number of carbonyl (C=O) groups is 2. The quantitative estimate of drug-likeness (QED) is 0.575. The average Bonchev–Trinajstić information content (AvgIpc) is 2.53. The van der Waals surface area contributed by atoms with Gasteiger partial charge in [0.05, 0.1) is 12.7 Å². The summed E-state index contributed by atoms with van der Waals surface area (Å²) < 4.78 is 4.60. The Morgan fingerprint density at radius 1 is 1.32 bits per heavy atom. The third kappa shape index (κ3) is 3.95. The summed E-state index contributed by atoms with van der Waals surface area (Å²) >= 11 is 0. The van der Waals surface area contributed by atoms with Crippen molar-refractivity contribution in [3.63, 3.8) is 0 Å². The van der Waals surface area contributed by atoms with Gasteiger partial charge in [-0.05, 0) is 51.7 Å². The molecule has 0 saturated heterocycles. The zero-order valence-corrected chi connectivity index (χ0v) is 15.0. The van der Waals surface area contributed by atoms with Crippen molar-refractivity contribution in [2.45, 2.75) is 52.0 Å². The van der Waals surface area contributed by atoms with Crippen molar-refractivity contribution in [3.05, 3.63) is 34.4 Å². The molecule has 0 bridgehead atoms. The number of aryl methyl sites for hydroxylation is 1. The van der Waals surface area contributed by atoms with Crippen LogP contribution in [0, 0.1) is 6.92 Å². The molecule has 2 atom stereocenters. The van der Waals surface area contributed by atoms with Crippen LogP contribution in [0.1, 0.15) is 60.5 Å². The molecule has 1 aliphatic rings. The molecule has 1 aromatic rings. The summed E-state index contributed by atoms with van der Waals surface area (Å²) in [6, 6.07) is 0.634. The minimum absolute atomic E-state index is 0.0245. The fourth-order valence-corrected chi connectivity index (χ4v) is 3.29. The lowest BCUT2D eigenvalue weighted by Gasteiger charge is -2.23. The normalized spacial score (nSPS) is 18.2. The lowest BCUT2D eigenvalue weighted by molar-refractivity contribution is -0.142. The van der Waals surface area contributed by atoms with Gasteiger partial charge in [-0.3, -0.25) is 4.79 Å². The molecule has 6 heteroatoms. The summed E-state index contributed by atoms with van der Waals surface area (Å²) in [5.41, 5.74) is 2.06. The van der Waals surface area contributed by atoms with E-state index in [9.17, 15) is 19.8 Å². The van der Waals surface area contributed by atoms with Crippen molar-refractivity contribution in [1.29, 1.82) is 0 Å². The molecule has 136 valence electrons. The topological polar surface area (TPSA) is 95.9 Å². The maximum Gasteiger partial charge on any atom is 0.328 e. The first-order valence-electron chi connectivity index (χ1n) is 8.37. The minimum Gasteiger partial charge on any atom is -0.507 e. The van der Waals surface area contributed by atoms with E-state index in [1.807, 2.05) is 13.0 Å². The highest BCUT2D eigenvalue weighted by Crippen LogP contribution is 2.43. The fraction of sp³-hybridized carbons (Fsp3) is 0.474. The van der Waals surface area contributed by atoms with Crippen LogP contribution >= 0.6 is 0 Å². The summed E-state index contributed by atoms with van der Waals surface area (Å²) in [5.74, 6) is -1.55. The molecule has 0 fully saturated rings. The summed E-state index contributed by atoms with van der Waals surface area (Å²) in [6.07, 6.45) is 4.77. The first-order chi connectivity index (χ1) is 11.8. The van der Waals surface area contributed by atoms with Crippen molar-refractivity contribution in [3.8, 4) is 11.5 Å². The summed E-state index contributed by atoms with van der Waals surface area (Å²) in [7, 11) is 1.24. The molecule has 2 rings (SSSR count). The zero-order valence-electron chi connectivity index (χ0n) is 15.0. The molecule has 0 spiro atoms. The van der Waals surface area contributed by atoms with Crippen LogP contribution in [0.5, 0.6) is 11.5 Å². The van der Waals surface area contributed by atoms with E-state index < -0.39 is 17.9 Å². The molecule has 0 heterocycles. The standard InChI is InChI=1S/C19H25NO5/c1-10-6-5-7-13(8-10)16-14(21)9-11(2)15(17(16)22)18(23)20-12(3)19(24)25-4/h8-9,12-13,21-22H,5-7H2,1-4H3,(H,20,23). The van der Waals surface area contributed by atoms with E-state index >= 15 is 0 Å². The Bertz CT molecular complexity index is 723. The first kappa shape index (κ1) is 18.8. The van der Waals surface area contributed by atoms with Crippen molar-refractivity contribution in [2.75, 3.05) is 7.11 Å². The molecule has 1 aromatic carbocycles. The van der Waals surface area contributed by atoms with Crippen molar-refractivity contribution in [2.24, 2.45) is 0 Å². The highest BCUT2D eigenvalue weighted by Gasteiger charge is 2.28. The maximum atomic E-state index is 12.6. The second-order valence-electron chi connectivity index (χ2n) is 6.58. The van der Waals surface area contributed by atoms with Crippen LogP contribution in [0.3, 0.4) is 0 Å². The molecule has 0 aliphatic heterocycles. The van der Waals surface area contributed by atoms with E-state index in [0.717, 1.165) is 19.3 Å². The molecular formula is C19H25NO5. The maximum absolute atomic E-state index is 12.6. The van der Waals surface area contributed by atoms with Gasteiger partial charge in [0.2, 0.25) is 0 Å². The Morgan fingerprint density at radius 2 is 2.00 bits per heavy atom. The molecule has 0 saturated carbocycles. The Morgan fingerprint density at radius 3 is 2.60 bits per heavy atom. The number of carbonyl (C=O) groups excluding carboxylic acids is 2. The summed E-state index contributed by atoms with van der Waals surface area (Å²) in [6.45, 7) is 5.15. The minimum atomic E-state index is -0.842. The fourth-order valence-electron chi connectivity index (χ4n) is 3.29. The third-order valence-corrected chi connectivity index (χ3v) is 4.59. The van der Waals surface area contributed by atoms with Gasteiger partial charge in [0.1, 0.15) is 17.5 Å². The number of phenols is 2. The number of aromatic hydroxyl groups is 2. The number of allylic oxidation sites excluding steroid dienone is 2. The van der Waals surface area contributed by atoms with Crippen molar-refractivity contribution in [1.82, 2.24) is 5.32 Å². The van der Waals surface area contributed by atoms with Crippen LogP contribution < -0.4 is 5.32 Å². The van der Waals surface area contributed by atoms with Gasteiger partial charge in [0.15, 0.2) is 0 Å². The molecule has 6 nitrogen and oxygen atoms in total. The van der Waals surface area contributed by atoms with Gasteiger partial charge in [-0.25, -0.2) is 4.79 Å². The van der Waals surface area contributed by atoms with Gasteiger partial charge in [0, 0.05) is 11.5 Å². The van der Waals surface area contributed by atoms with Gasteiger partial charge in [0.25, 0.3) is 5.91 Å². The number of rotatable bonds is 4. The number of hydrogen-bond donors (Lipinski definition) is 3. The highest BCUT2D eigenvalue weighted by molar-refractivity contribution is 6.01. The second kappa shape index (κ2) is 7.59. The average molecular weight is 347 g/mol. The molecule has 0 radical (unpaired) electrons. The Kier molecular flexibility index (Phi) is 5.72. The van der Waals surface area contributed by atoms with Gasteiger partial charge in [-0.2, -0.15) is 0 Å². The van der Waals surface area contributed by atoms with Crippen LogP contribution in [0.2, 0.25) is 0 Å². The first-order valence-corrected chi connectivity index (χ1v) is 8.37. The number of hydrogen-bond acceptors (Lipinski definition) is 5. The molecular weight excluding hydrogens is 322 g/mol. The summed E-state index contributed by atoms with van der Waals surface area (Å²) in [4.78, 5) is 24.1. The SMILES string of the molecule is COC(=O)C(C)NC(=O)c1c(C)cc(O)c(C2C=C(C)CCC2)c1O. The highest BCUT2D eigenvalue weighted by atomic mass is 16.5. The van der Waals surface area contributed by atoms with Crippen molar-refractivity contribution >= 4 is 11.9 Å². The monoisotopic (exact) mass is 347 g/mol. The number of amides is 1. The van der Waals surface area contributed by atoms with E-state index in [-0.39, 0.29) is 23.0 Å². The van der Waals surface area contributed by atoms with Crippen LogP contribution in [-0.2, 0) is 9.53 Å². The number of nitrogens with one attached hydrogen (secondary N) is 1.